The average Bonchev–Trinajstić information content (AvgIpc) is 2.84. The monoisotopic (exact) mass is 270 g/mol. The number of carbonyl (C=O) groups is 1. The maximum Gasteiger partial charge on any atom is 0.225 e. The zero-order valence-corrected chi connectivity index (χ0v) is 11.1. The first kappa shape index (κ1) is 14.7. The summed E-state index contributed by atoms with van der Waals surface area (Å²) in [6, 6.07) is 3.83. The Morgan fingerprint density at radius 3 is 2.67 bits per heavy atom. The van der Waals surface area contributed by atoms with E-state index in [9.17, 15) is 4.79 Å². The van der Waals surface area contributed by atoms with Crippen molar-refractivity contribution < 1.29 is 4.79 Å². The van der Waals surface area contributed by atoms with Gasteiger partial charge in [0, 0.05) is 26.1 Å². The highest BCUT2D eigenvalue weighted by Gasteiger charge is 2.13. The van der Waals surface area contributed by atoms with Crippen molar-refractivity contribution in [3.05, 3.63) is 18.3 Å². The number of hydrogen-bond donors (Lipinski definition) is 2. The van der Waals surface area contributed by atoms with Gasteiger partial charge >= 0.3 is 0 Å². The fourth-order valence-corrected chi connectivity index (χ4v) is 1.95. The van der Waals surface area contributed by atoms with Crippen LogP contribution in [0.4, 0.5) is 11.5 Å². The molecule has 1 aromatic rings. The van der Waals surface area contributed by atoms with E-state index in [0.29, 0.717) is 13.0 Å². The number of nitrogens with zero attached hydrogens (tertiary/aromatic N) is 2. The molecule has 1 amide bonds. The molecule has 5 nitrogen and oxygen atoms in total. The van der Waals surface area contributed by atoms with E-state index in [4.69, 9.17) is 5.73 Å². The van der Waals surface area contributed by atoms with E-state index in [1.165, 1.54) is 12.8 Å². The van der Waals surface area contributed by atoms with E-state index in [1.54, 1.807) is 6.20 Å². The molecule has 0 saturated carbocycles. The van der Waals surface area contributed by atoms with Gasteiger partial charge in [0.2, 0.25) is 5.91 Å². The van der Waals surface area contributed by atoms with Crippen molar-refractivity contribution in [1.82, 2.24) is 4.98 Å². The van der Waals surface area contributed by atoms with Gasteiger partial charge < -0.3 is 16.0 Å². The number of halogens is 1. The average molecular weight is 271 g/mol. The highest BCUT2D eigenvalue weighted by Crippen LogP contribution is 2.18. The number of aromatic nitrogens is 1. The first-order valence-electron chi connectivity index (χ1n) is 6.00. The Bertz CT molecular complexity index is 376. The van der Waals surface area contributed by atoms with Crippen LogP contribution in [0.25, 0.3) is 0 Å². The van der Waals surface area contributed by atoms with Crippen molar-refractivity contribution in [1.29, 1.82) is 0 Å². The molecule has 2 rings (SSSR count). The summed E-state index contributed by atoms with van der Waals surface area (Å²) in [6.07, 6.45) is 4.50. The number of nitrogens with one attached hydrogen (secondary N) is 1. The number of carbonyl (C=O) groups excluding carboxylic acids is 1. The second-order valence-electron chi connectivity index (χ2n) is 4.19. The molecule has 18 heavy (non-hydrogen) atoms. The van der Waals surface area contributed by atoms with Gasteiger partial charge in [0.05, 0.1) is 11.9 Å². The summed E-state index contributed by atoms with van der Waals surface area (Å²) >= 11 is 0. The molecule has 0 atom stereocenters. The topological polar surface area (TPSA) is 71.2 Å². The fourth-order valence-electron chi connectivity index (χ4n) is 1.95. The van der Waals surface area contributed by atoms with E-state index >= 15 is 0 Å². The summed E-state index contributed by atoms with van der Waals surface area (Å²) < 4.78 is 0. The Morgan fingerprint density at radius 1 is 1.39 bits per heavy atom. The van der Waals surface area contributed by atoms with Crippen LogP contribution in [0.5, 0.6) is 0 Å². The Hall–Kier alpha value is -1.33. The standard InChI is InChI=1S/C12H18N4O.ClH/c13-6-5-12(17)15-10-3-4-11(14-9-10)16-7-1-2-8-16;/h3-4,9H,1-2,5-8,13H2,(H,15,17);1H. The lowest BCUT2D eigenvalue weighted by molar-refractivity contribution is -0.116. The highest BCUT2D eigenvalue weighted by molar-refractivity contribution is 5.90. The van der Waals surface area contributed by atoms with E-state index in [-0.39, 0.29) is 18.3 Å². The van der Waals surface area contributed by atoms with Crippen LogP contribution in [-0.2, 0) is 4.79 Å². The summed E-state index contributed by atoms with van der Waals surface area (Å²) in [6.45, 7) is 2.52. The van der Waals surface area contributed by atoms with Crippen LogP contribution in [0.15, 0.2) is 18.3 Å². The summed E-state index contributed by atoms with van der Waals surface area (Å²) in [5, 5.41) is 2.76. The molecular formula is C12H19ClN4O. The van der Waals surface area contributed by atoms with Crippen molar-refractivity contribution in [3.8, 4) is 0 Å². The highest BCUT2D eigenvalue weighted by atomic mass is 35.5. The zero-order chi connectivity index (χ0) is 12.1. The molecule has 100 valence electrons. The molecule has 1 aliphatic heterocycles. The number of rotatable bonds is 4. The van der Waals surface area contributed by atoms with Crippen LogP contribution in [0, 0.1) is 0 Å². The minimum atomic E-state index is -0.0665. The van der Waals surface area contributed by atoms with Gasteiger partial charge in [-0.3, -0.25) is 4.79 Å². The number of pyridine rings is 1. The molecule has 3 N–H and O–H groups in total. The van der Waals surface area contributed by atoms with E-state index in [2.05, 4.69) is 15.2 Å². The molecule has 1 saturated heterocycles. The Morgan fingerprint density at radius 2 is 2.11 bits per heavy atom. The summed E-state index contributed by atoms with van der Waals surface area (Å²) in [4.78, 5) is 17.9. The summed E-state index contributed by atoms with van der Waals surface area (Å²) in [5.41, 5.74) is 6.03. The molecule has 1 aromatic heterocycles. The third kappa shape index (κ3) is 3.85. The van der Waals surface area contributed by atoms with Gasteiger partial charge in [-0.2, -0.15) is 0 Å². The molecule has 6 heteroatoms. The molecule has 0 unspecified atom stereocenters. The molecule has 0 aliphatic carbocycles. The lowest BCUT2D eigenvalue weighted by atomic mass is 10.3. The molecular weight excluding hydrogens is 252 g/mol. The van der Waals surface area contributed by atoms with Gasteiger partial charge in [-0.05, 0) is 25.0 Å². The molecule has 0 radical (unpaired) electrons. The van der Waals surface area contributed by atoms with Crippen molar-refractivity contribution in [3.63, 3.8) is 0 Å². The number of hydrogen-bond acceptors (Lipinski definition) is 4. The summed E-state index contributed by atoms with van der Waals surface area (Å²) in [5.74, 6) is 0.919. The van der Waals surface area contributed by atoms with Crippen LogP contribution in [0.1, 0.15) is 19.3 Å². The maximum absolute atomic E-state index is 11.3. The van der Waals surface area contributed by atoms with E-state index in [0.717, 1.165) is 24.6 Å². The predicted molar refractivity (Wildman–Crippen MR) is 75.2 cm³/mol. The number of anilines is 2. The summed E-state index contributed by atoms with van der Waals surface area (Å²) in [7, 11) is 0. The van der Waals surface area contributed by atoms with Crippen LogP contribution in [0.3, 0.4) is 0 Å². The van der Waals surface area contributed by atoms with Crippen molar-refractivity contribution >= 4 is 29.8 Å². The lowest BCUT2D eigenvalue weighted by Crippen LogP contribution is -2.19. The minimum absolute atomic E-state index is 0. The van der Waals surface area contributed by atoms with Gasteiger partial charge in [-0.15, -0.1) is 12.4 Å². The van der Waals surface area contributed by atoms with Crippen molar-refractivity contribution in [2.75, 3.05) is 29.9 Å². The third-order valence-electron chi connectivity index (χ3n) is 2.83. The quantitative estimate of drug-likeness (QED) is 0.867. The Labute approximate surface area is 113 Å². The molecule has 1 aliphatic rings. The molecule has 2 heterocycles. The molecule has 0 aromatic carbocycles. The van der Waals surface area contributed by atoms with Crippen molar-refractivity contribution in [2.45, 2.75) is 19.3 Å². The van der Waals surface area contributed by atoms with E-state index < -0.39 is 0 Å². The predicted octanol–water partition coefficient (Wildman–Crippen LogP) is 1.39. The maximum atomic E-state index is 11.3. The van der Waals surface area contributed by atoms with Gasteiger partial charge in [-0.25, -0.2) is 4.98 Å². The third-order valence-corrected chi connectivity index (χ3v) is 2.83. The lowest BCUT2D eigenvalue weighted by Gasteiger charge is -2.16. The van der Waals surface area contributed by atoms with Crippen LogP contribution < -0.4 is 16.0 Å². The molecule has 0 spiro atoms. The Kier molecular flexibility index (Phi) is 5.88. The first-order chi connectivity index (χ1) is 8.29. The van der Waals surface area contributed by atoms with E-state index in [1.807, 2.05) is 12.1 Å². The molecule has 0 bridgehead atoms. The van der Waals surface area contributed by atoms with Gasteiger partial charge in [0.25, 0.3) is 0 Å². The second-order valence-corrected chi connectivity index (χ2v) is 4.19. The first-order valence-corrected chi connectivity index (χ1v) is 6.00. The fraction of sp³-hybridized carbons (Fsp3) is 0.500. The number of amides is 1. The van der Waals surface area contributed by atoms with Crippen LogP contribution in [0.2, 0.25) is 0 Å². The smallest absolute Gasteiger partial charge is 0.225 e. The van der Waals surface area contributed by atoms with Crippen LogP contribution in [-0.4, -0.2) is 30.5 Å². The van der Waals surface area contributed by atoms with Crippen molar-refractivity contribution in [2.24, 2.45) is 5.73 Å². The van der Waals surface area contributed by atoms with Crippen LogP contribution >= 0.6 is 12.4 Å². The minimum Gasteiger partial charge on any atom is -0.357 e. The normalized spacial score (nSPS) is 14.2. The van der Waals surface area contributed by atoms with Gasteiger partial charge in [0.1, 0.15) is 5.82 Å². The zero-order valence-electron chi connectivity index (χ0n) is 10.3. The second kappa shape index (κ2) is 7.18. The Balaban J connectivity index is 0.00000162. The van der Waals surface area contributed by atoms with Gasteiger partial charge in [0.15, 0.2) is 0 Å². The largest absolute Gasteiger partial charge is 0.357 e. The molecule has 1 fully saturated rings. The SMILES string of the molecule is Cl.NCCC(=O)Nc1ccc(N2CCCC2)nc1. The van der Waals surface area contributed by atoms with Gasteiger partial charge in [-0.1, -0.05) is 0 Å². The number of nitrogens with two attached hydrogens (primary N) is 1.